The van der Waals surface area contributed by atoms with E-state index in [1.807, 2.05) is 37.3 Å². The first-order valence-electron chi connectivity index (χ1n) is 7.45. The topological polar surface area (TPSA) is 32.3 Å². The number of amides is 1. The van der Waals surface area contributed by atoms with Crippen molar-refractivity contribution in [3.05, 3.63) is 35.9 Å². The van der Waals surface area contributed by atoms with Gasteiger partial charge in [0, 0.05) is 19.0 Å². The Morgan fingerprint density at radius 2 is 2.10 bits per heavy atom. The van der Waals surface area contributed by atoms with Crippen LogP contribution >= 0.6 is 0 Å². The molecule has 5 heteroatoms. The summed E-state index contributed by atoms with van der Waals surface area (Å²) in [4.78, 5) is 13.6. The van der Waals surface area contributed by atoms with Gasteiger partial charge in [-0.2, -0.15) is 0 Å². The van der Waals surface area contributed by atoms with Gasteiger partial charge in [0.05, 0.1) is 6.54 Å². The molecule has 0 heterocycles. The van der Waals surface area contributed by atoms with Crippen molar-refractivity contribution < 1.29 is 13.6 Å². The molecule has 1 fully saturated rings. The zero-order valence-electron chi connectivity index (χ0n) is 12.3. The van der Waals surface area contributed by atoms with E-state index in [2.05, 4.69) is 5.32 Å². The molecule has 0 aliphatic heterocycles. The minimum Gasteiger partial charge on any atom is -0.355 e. The minimum absolute atomic E-state index is 0.0388. The predicted molar refractivity (Wildman–Crippen MR) is 78.4 cm³/mol. The average molecular weight is 296 g/mol. The molecule has 0 saturated heterocycles. The van der Waals surface area contributed by atoms with Gasteiger partial charge in [0.15, 0.2) is 0 Å². The summed E-state index contributed by atoms with van der Waals surface area (Å²) in [5.41, 5.74) is 1.20. The van der Waals surface area contributed by atoms with Gasteiger partial charge in [-0.05, 0) is 24.4 Å². The van der Waals surface area contributed by atoms with E-state index < -0.39 is 6.43 Å². The Labute approximate surface area is 124 Å². The van der Waals surface area contributed by atoms with Crippen molar-refractivity contribution in [1.29, 1.82) is 0 Å². The number of nitrogens with one attached hydrogen (secondary N) is 1. The number of halogens is 2. The fourth-order valence-electron chi connectivity index (χ4n) is 2.60. The van der Waals surface area contributed by atoms with Crippen LogP contribution < -0.4 is 5.32 Å². The van der Waals surface area contributed by atoms with E-state index in [1.165, 1.54) is 5.56 Å². The van der Waals surface area contributed by atoms with E-state index in [-0.39, 0.29) is 18.4 Å². The van der Waals surface area contributed by atoms with Crippen molar-refractivity contribution >= 4 is 5.91 Å². The third-order valence-corrected chi connectivity index (χ3v) is 3.93. The van der Waals surface area contributed by atoms with Crippen LogP contribution in [0.25, 0.3) is 0 Å². The maximum atomic E-state index is 12.3. The minimum atomic E-state index is -2.33. The average Bonchev–Trinajstić information content (AvgIpc) is 3.27. The lowest BCUT2D eigenvalue weighted by Crippen LogP contribution is -2.37. The molecule has 0 unspecified atom stereocenters. The molecular weight excluding hydrogens is 274 g/mol. The molecule has 1 aromatic carbocycles. The molecule has 116 valence electrons. The van der Waals surface area contributed by atoms with Gasteiger partial charge in [0.25, 0.3) is 6.43 Å². The van der Waals surface area contributed by atoms with Crippen LogP contribution in [0.2, 0.25) is 0 Å². The predicted octanol–water partition coefficient (Wildman–Crippen LogP) is 2.49. The monoisotopic (exact) mass is 296 g/mol. The molecule has 1 aliphatic rings. The van der Waals surface area contributed by atoms with Gasteiger partial charge in [0.1, 0.15) is 0 Å². The second-order valence-electron chi connectivity index (χ2n) is 5.43. The van der Waals surface area contributed by atoms with Gasteiger partial charge in [-0.15, -0.1) is 0 Å². The second-order valence-corrected chi connectivity index (χ2v) is 5.43. The Bertz CT molecular complexity index is 453. The molecule has 1 saturated carbocycles. The molecule has 2 atom stereocenters. The Morgan fingerprint density at radius 1 is 1.38 bits per heavy atom. The van der Waals surface area contributed by atoms with Gasteiger partial charge in [-0.1, -0.05) is 37.3 Å². The van der Waals surface area contributed by atoms with E-state index >= 15 is 0 Å². The SMILES string of the molecule is CCN(CCNC(=O)[C@H]1C[C@@H]1c1ccccc1)CC(F)F. The molecule has 3 nitrogen and oxygen atoms in total. The molecule has 1 aromatic rings. The summed E-state index contributed by atoms with van der Waals surface area (Å²) in [5.74, 6) is 0.393. The normalized spacial score (nSPS) is 20.8. The van der Waals surface area contributed by atoms with Crippen molar-refractivity contribution in [1.82, 2.24) is 10.2 Å². The molecule has 0 radical (unpaired) electrons. The number of alkyl halides is 2. The third kappa shape index (κ3) is 4.77. The van der Waals surface area contributed by atoms with Crippen molar-refractivity contribution in [2.75, 3.05) is 26.2 Å². The van der Waals surface area contributed by atoms with Gasteiger partial charge < -0.3 is 5.32 Å². The van der Waals surface area contributed by atoms with E-state index in [1.54, 1.807) is 4.90 Å². The summed E-state index contributed by atoms with van der Waals surface area (Å²) in [6, 6.07) is 10.0. The molecular formula is C16H22F2N2O. The van der Waals surface area contributed by atoms with Crippen LogP contribution in [0.3, 0.4) is 0 Å². The lowest BCUT2D eigenvalue weighted by atomic mass is 10.1. The molecule has 1 N–H and O–H groups in total. The molecule has 0 spiro atoms. The summed E-state index contributed by atoms with van der Waals surface area (Å²) >= 11 is 0. The van der Waals surface area contributed by atoms with E-state index in [0.29, 0.717) is 25.6 Å². The highest BCUT2D eigenvalue weighted by molar-refractivity contribution is 5.82. The number of carbonyl (C=O) groups is 1. The van der Waals surface area contributed by atoms with Crippen LogP contribution in [0.5, 0.6) is 0 Å². The Kier molecular flexibility index (Phi) is 5.67. The van der Waals surface area contributed by atoms with Gasteiger partial charge in [-0.3, -0.25) is 9.69 Å². The Balaban J connectivity index is 1.69. The van der Waals surface area contributed by atoms with Crippen LogP contribution in [0.4, 0.5) is 8.78 Å². The number of hydrogen-bond donors (Lipinski definition) is 1. The molecule has 0 aromatic heterocycles. The smallest absolute Gasteiger partial charge is 0.251 e. The van der Waals surface area contributed by atoms with E-state index in [4.69, 9.17) is 0 Å². The summed E-state index contributed by atoms with van der Waals surface area (Å²) in [7, 11) is 0. The number of carbonyl (C=O) groups excluding carboxylic acids is 1. The number of hydrogen-bond acceptors (Lipinski definition) is 2. The number of likely N-dealkylation sites (N-methyl/N-ethyl adjacent to an activating group) is 1. The van der Waals surface area contributed by atoms with Gasteiger partial charge in [-0.25, -0.2) is 8.78 Å². The quantitative estimate of drug-likeness (QED) is 0.799. The largest absolute Gasteiger partial charge is 0.355 e. The standard InChI is InChI=1S/C16H22F2N2O/c1-2-20(11-15(17)18)9-8-19-16(21)14-10-13(14)12-6-4-3-5-7-12/h3-7,13-15H,2,8-11H2,1H3,(H,19,21)/t13-,14+/m1/s1. The van der Waals surface area contributed by atoms with Crippen LogP contribution in [0.15, 0.2) is 30.3 Å². The third-order valence-electron chi connectivity index (χ3n) is 3.93. The van der Waals surface area contributed by atoms with E-state index in [9.17, 15) is 13.6 Å². The summed E-state index contributed by atoms with van der Waals surface area (Å²) in [6.45, 7) is 3.07. The van der Waals surface area contributed by atoms with Crippen LogP contribution in [-0.2, 0) is 4.79 Å². The van der Waals surface area contributed by atoms with Crippen LogP contribution in [0.1, 0.15) is 24.8 Å². The zero-order valence-corrected chi connectivity index (χ0v) is 12.3. The van der Waals surface area contributed by atoms with Crippen LogP contribution in [-0.4, -0.2) is 43.4 Å². The molecule has 21 heavy (non-hydrogen) atoms. The number of benzene rings is 1. The highest BCUT2D eigenvalue weighted by Crippen LogP contribution is 2.47. The summed E-state index contributed by atoms with van der Waals surface area (Å²) < 4.78 is 24.6. The lowest BCUT2D eigenvalue weighted by molar-refractivity contribution is -0.122. The van der Waals surface area contributed by atoms with Crippen molar-refractivity contribution in [2.45, 2.75) is 25.7 Å². The summed E-state index contributed by atoms with van der Waals surface area (Å²) in [6.07, 6.45) is -1.45. The van der Waals surface area contributed by atoms with Crippen molar-refractivity contribution in [3.63, 3.8) is 0 Å². The summed E-state index contributed by atoms with van der Waals surface area (Å²) in [5, 5.41) is 2.86. The maximum absolute atomic E-state index is 12.3. The molecule has 1 aliphatic carbocycles. The lowest BCUT2D eigenvalue weighted by Gasteiger charge is -2.19. The maximum Gasteiger partial charge on any atom is 0.251 e. The van der Waals surface area contributed by atoms with Gasteiger partial charge in [0.2, 0.25) is 5.91 Å². The first-order valence-corrected chi connectivity index (χ1v) is 7.45. The fraction of sp³-hybridized carbons (Fsp3) is 0.562. The Morgan fingerprint density at radius 3 is 2.71 bits per heavy atom. The van der Waals surface area contributed by atoms with Crippen molar-refractivity contribution in [3.8, 4) is 0 Å². The Hall–Kier alpha value is -1.49. The first kappa shape index (κ1) is 15.9. The van der Waals surface area contributed by atoms with E-state index in [0.717, 1.165) is 6.42 Å². The second kappa shape index (κ2) is 7.50. The molecule has 0 bridgehead atoms. The molecule has 2 rings (SSSR count). The highest BCUT2D eigenvalue weighted by atomic mass is 19.3. The van der Waals surface area contributed by atoms with Crippen LogP contribution in [0, 0.1) is 5.92 Å². The fourth-order valence-corrected chi connectivity index (χ4v) is 2.60. The zero-order chi connectivity index (χ0) is 15.2. The molecule has 1 amide bonds. The first-order chi connectivity index (χ1) is 10.1. The highest BCUT2D eigenvalue weighted by Gasteiger charge is 2.43. The van der Waals surface area contributed by atoms with Gasteiger partial charge >= 0.3 is 0 Å². The number of nitrogens with zero attached hydrogens (tertiary/aromatic N) is 1. The van der Waals surface area contributed by atoms with Crippen molar-refractivity contribution in [2.24, 2.45) is 5.92 Å². The number of rotatable bonds is 8.